The second kappa shape index (κ2) is 9.59. The number of anilines is 2. The number of nitrogens with two attached hydrogens (primary N) is 1. The maximum absolute atomic E-state index is 14.0. The number of sulfonamides is 1. The van der Waals surface area contributed by atoms with Gasteiger partial charge in [-0.25, -0.2) is 27.2 Å². The van der Waals surface area contributed by atoms with E-state index in [1.165, 1.54) is 4.31 Å². The van der Waals surface area contributed by atoms with Gasteiger partial charge < -0.3 is 11.1 Å². The molecule has 0 spiro atoms. The Bertz CT molecular complexity index is 1370. The van der Waals surface area contributed by atoms with Gasteiger partial charge in [-0.1, -0.05) is 17.4 Å². The Morgan fingerprint density at radius 2 is 1.86 bits per heavy atom. The van der Waals surface area contributed by atoms with E-state index in [4.69, 9.17) is 5.73 Å². The van der Waals surface area contributed by atoms with Gasteiger partial charge in [0.2, 0.25) is 5.78 Å². The Kier molecular flexibility index (Phi) is 6.73. The second-order valence-corrected chi connectivity index (χ2v) is 10.5. The summed E-state index contributed by atoms with van der Waals surface area (Å²) in [6.45, 7) is 0.289. The van der Waals surface area contributed by atoms with Crippen molar-refractivity contribution in [3.8, 4) is 0 Å². The van der Waals surface area contributed by atoms with Gasteiger partial charge >= 0.3 is 0 Å². The zero-order valence-corrected chi connectivity index (χ0v) is 19.5. The number of nitrogens with one attached hydrogen (secondary N) is 1. The summed E-state index contributed by atoms with van der Waals surface area (Å²) in [6, 6.07) is 5.06. The highest BCUT2D eigenvalue weighted by Crippen LogP contribution is 2.31. The number of benzene rings is 1. The average Bonchev–Trinajstić information content (AvgIpc) is 3.19. The largest absolute Gasteiger partial charge is 0.382 e. The van der Waals surface area contributed by atoms with E-state index in [1.807, 2.05) is 0 Å². The molecule has 3 heterocycles. The number of halogens is 2. The van der Waals surface area contributed by atoms with Crippen molar-refractivity contribution in [1.82, 2.24) is 14.3 Å². The Morgan fingerprint density at radius 3 is 2.43 bits per heavy atom. The van der Waals surface area contributed by atoms with Crippen LogP contribution in [0, 0.1) is 21.7 Å². The summed E-state index contributed by atoms with van der Waals surface area (Å²) < 4.78 is 54.8. The van der Waals surface area contributed by atoms with Gasteiger partial charge in [0.25, 0.3) is 15.7 Å². The highest BCUT2D eigenvalue weighted by atomic mass is 32.2. The van der Waals surface area contributed by atoms with Crippen LogP contribution in [0.1, 0.15) is 28.1 Å². The first-order valence-electron chi connectivity index (χ1n) is 10.2. The van der Waals surface area contributed by atoms with Crippen LogP contribution in [0.15, 0.2) is 41.6 Å². The molecule has 0 saturated carbocycles. The summed E-state index contributed by atoms with van der Waals surface area (Å²) in [5.41, 5.74) is 4.79. The van der Waals surface area contributed by atoms with Gasteiger partial charge in [0, 0.05) is 25.2 Å². The predicted octanol–water partition coefficient (Wildman–Crippen LogP) is 2.80. The number of carbonyl (C=O) groups is 1. The van der Waals surface area contributed by atoms with Crippen LogP contribution in [0.5, 0.6) is 0 Å². The molecule has 4 rings (SSSR count). The number of piperidine rings is 1. The van der Waals surface area contributed by atoms with E-state index in [0.717, 1.165) is 47.9 Å². The molecule has 0 aliphatic carbocycles. The summed E-state index contributed by atoms with van der Waals surface area (Å²) in [5.74, 6) is -3.10. The number of nitro groups is 1. The number of carbonyl (C=O) groups excluding carboxylic acids is 1. The Balaban J connectivity index is 1.41. The maximum Gasteiger partial charge on any atom is 0.287 e. The van der Waals surface area contributed by atoms with Gasteiger partial charge in [-0.05, 0) is 31.0 Å². The summed E-state index contributed by atoms with van der Waals surface area (Å²) >= 11 is 0.853. The molecule has 1 aliphatic heterocycles. The molecule has 3 N–H and O–H groups in total. The number of thiazole rings is 1. The van der Waals surface area contributed by atoms with Crippen LogP contribution >= 0.6 is 11.3 Å². The molecule has 184 valence electrons. The number of nitrogens with zero attached hydrogens (tertiary/aromatic N) is 4. The SMILES string of the molecule is Nc1nc(NC2CCN(S(=O)(=O)c3ccc([N+](=O)[O-])cn3)CC2)sc1C(=O)c1c(F)cccc1F. The maximum atomic E-state index is 14.0. The minimum atomic E-state index is -3.93. The van der Waals surface area contributed by atoms with Gasteiger partial charge in [0.1, 0.15) is 28.5 Å². The third-order valence-electron chi connectivity index (χ3n) is 5.37. The lowest BCUT2D eigenvalue weighted by molar-refractivity contribution is -0.385. The van der Waals surface area contributed by atoms with Crippen LogP contribution in [-0.4, -0.2) is 52.5 Å². The molecule has 15 heteroatoms. The van der Waals surface area contributed by atoms with Crippen molar-refractivity contribution in [2.75, 3.05) is 24.1 Å². The van der Waals surface area contributed by atoms with Crippen molar-refractivity contribution < 1.29 is 26.9 Å². The minimum absolute atomic E-state index is 0.110. The number of nitrogen functional groups attached to an aromatic ring is 1. The van der Waals surface area contributed by atoms with Crippen LogP contribution in [0.25, 0.3) is 0 Å². The van der Waals surface area contributed by atoms with Crippen molar-refractivity contribution in [2.45, 2.75) is 23.9 Å². The van der Waals surface area contributed by atoms with E-state index < -0.39 is 37.9 Å². The molecule has 11 nitrogen and oxygen atoms in total. The molecule has 0 radical (unpaired) electrons. The van der Waals surface area contributed by atoms with Crippen molar-refractivity contribution in [1.29, 1.82) is 0 Å². The first kappa shape index (κ1) is 24.6. The summed E-state index contributed by atoms with van der Waals surface area (Å²) in [6.07, 6.45) is 1.66. The fourth-order valence-corrected chi connectivity index (χ4v) is 5.85. The Labute approximate surface area is 201 Å². The number of pyridine rings is 1. The van der Waals surface area contributed by atoms with Crippen molar-refractivity contribution >= 4 is 43.8 Å². The van der Waals surface area contributed by atoms with Gasteiger partial charge in [0.15, 0.2) is 10.2 Å². The van der Waals surface area contributed by atoms with E-state index in [0.29, 0.717) is 12.8 Å². The molecule has 1 aliphatic rings. The molecule has 35 heavy (non-hydrogen) atoms. The number of hydrogen-bond donors (Lipinski definition) is 2. The van der Waals surface area contributed by atoms with Gasteiger partial charge in [-0.15, -0.1) is 0 Å². The molecule has 1 aromatic carbocycles. The van der Waals surface area contributed by atoms with Crippen molar-refractivity contribution in [3.05, 3.63) is 68.7 Å². The lowest BCUT2D eigenvalue weighted by Gasteiger charge is -2.31. The summed E-state index contributed by atoms with van der Waals surface area (Å²) in [5, 5.41) is 13.8. The second-order valence-electron chi connectivity index (χ2n) is 7.59. The lowest BCUT2D eigenvalue weighted by Crippen LogP contribution is -2.42. The molecule has 0 bridgehead atoms. The van der Waals surface area contributed by atoms with Crippen LogP contribution < -0.4 is 11.1 Å². The highest BCUT2D eigenvalue weighted by molar-refractivity contribution is 7.89. The molecule has 1 fully saturated rings. The van der Waals surface area contributed by atoms with Crippen LogP contribution in [0.4, 0.5) is 25.4 Å². The Hall–Kier alpha value is -3.56. The third-order valence-corrected chi connectivity index (χ3v) is 8.18. The average molecular weight is 525 g/mol. The van der Waals surface area contributed by atoms with E-state index in [1.54, 1.807) is 0 Å². The summed E-state index contributed by atoms with van der Waals surface area (Å²) in [4.78, 5) is 30.4. The van der Waals surface area contributed by atoms with Gasteiger partial charge in [-0.2, -0.15) is 4.31 Å². The smallest absolute Gasteiger partial charge is 0.287 e. The zero-order chi connectivity index (χ0) is 25.3. The molecule has 3 aromatic rings. The number of aromatic nitrogens is 2. The number of ketones is 1. The normalized spacial score (nSPS) is 15.1. The fraction of sp³-hybridized carbons (Fsp3) is 0.250. The Morgan fingerprint density at radius 1 is 1.20 bits per heavy atom. The first-order valence-corrected chi connectivity index (χ1v) is 12.5. The monoisotopic (exact) mass is 524 g/mol. The summed E-state index contributed by atoms with van der Waals surface area (Å²) in [7, 11) is -3.93. The van der Waals surface area contributed by atoms with Gasteiger partial charge in [0.05, 0.1) is 10.5 Å². The van der Waals surface area contributed by atoms with Crippen molar-refractivity contribution in [3.63, 3.8) is 0 Å². The molecule has 1 saturated heterocycles. The quantitative estimate of drug-likeness (QED) is 0.269. The first-order chi connectivity index (χ1) is 16.6. The molecule has 0 amide bonds. The zero-order valence-electron chi connectivity index (χ0n) is 17.8. The number of rotatable bonds is 7. The van der Waals surface area contributed by atoms with Crippen molar-refractivity contribution in [2.24, 2.45) is 0 Å². The predicted molar refractivity (Wildman–Crippen MR) is 123 cm³/mol. The minimum Gasteiger partial charge on any atom is -0.382 e. The van der Waals surface area contributed by atoms with Gasteiger partial charge in [-0.3, -0.25) is 14.9 Å². The highest BCUT2D eigenvalue weighted by Gasteiger charge is 2.31. The number of hydrogen-bond acceptors (Lipinski definition) is 10. The lowest BCUT2D eigenvalue weighted by atomic mass is 10.1. The van der Waals surface area contributed by atoms with E-state index >= 15 is 0 Å². The van der Waals surface area contributed by atoms with Crippen LogP contribution in [0.2, 0.25) is 0 Å². The van der Waals surface area contributed by atoms with Crippen LogP contribution in [-0.2, 0) is 10.0 Å². The standard InChI is InChI=1S/C20H18F2N6O5S2/c21-13-2-1-3-14(22)16(13)17(29)18-19(23)26-20(34-18)25-11-6-8-27(9-7-11)35(32,33)15-5-4-12(10-24-15)28(30)31/h1-5,10-11H,6-9,23H2,(H,25,26). The van der Waals surface area contributed by atoms with E-state index in [2.05, 4.69) is 15.3 Å². The van der Waals surface area contributed by atoms with Crippen LogP contribution in [0.3, 0.4) is 0 Å². The molecule has 2 aromatic heterocycles. The molecular weight excluding hydrogens is 506 g/mol. The molecular formula is C20H18F2N6O5S2. The fourth-order valence-electron chi connectivity index (χ4n) is 3.57. The molecule has 0 atom stereocenters. The van der Waals surface area contributed by atoms with E-state index in [-0.39, 0.29) is 45.7 Å². The third kappa shape index (κ3) is 4.96. The topological polar surface area (TPSA) is 161 Å². The molecule has 0 unspecified atom stereocenters. The van der Waals surface area contributed by atoms with E-state index in [9.17, 15) is 32.1 Å².